The van der Waals surface area contributed by atoms with Crippen LogP contribution in [-0.2, 0) is 19.4 Å². The number of hydrogen-bond donors (Lipinski definition) is 1. The first-order chi connectivity index (χ1) is 11.5. The number of benzene rings is 1. The van der Waals surface area contributed by atoms with Crippen molar-refractivity contribution in [3.8, 4) is 0 Å². The largest absolute Gasteiger partial charge is 0.456 e. The second-order valence-corrected chi connectivity index (χ2v) is 9.24. The molecule has 0 spiro atoms. The van der Waals surface area contributed by atoms with Crippen molar-refractivity contribution < 1.29 is 22.7 Å². The van der Waals surface area contributed by atoms with Gasteiger partial charge in [0, 0.05) is 19.2 Å². The molecular weight excluding hydrogens is 344 g/mol. The number of nitrogens with zero attached hydrogens (tertiary/aromatic N) is 1. The normalized spacial score (nSPS) is 15.4. The molecule has 1 aliphatic heterocycles. The molecule has 1 amide bonds. The van der Waals surface area contributed by atoms with Crippen molar-refractivity contribution in [1.82, 2.24) is 0 Å². The summed E-state index contributed by atoms with van der Waals surface area (Å²) in [6, 6.07) is 4.87. The number of amides is 1. The number of para-hydroxylation sites is 1. The maximum Gasteiger partial charge on any atom is 0.340 e. The van der Waals surface area contributed by atoms with E-state index in [1.165, 1.54) is 4.90 Å². The minimum absolute atomic E-state index is 0.0987. The summed E-state index contributed by atoms with van der Waals surface area (Å²) in [6.07, 6.45) is 2.19. The molecule has 0 aromatic heterocycles. The summed E-state index contributed by atoms with van der Waals surface area (Å²) in [5.41, 5.74) is 0.357. The lowest BCUT2D eigenvalue weighted by molar-refractivity contribution is -0.117. The first-order valence-electron chi connectivity index (χ1n) is 8.06. The lowest BCUT2D eigenvalue weighted by atomic mass is 10.1. The fourth-order valence-electron chi connectivity index (χ4n) is 2.57. The minimum atomic E-state index is -3.27. The van der Waals surface area contributed by atoms with Crippen molar-refractivity contribution in [3.63, 3.8) is 0 Å². The summed E-state index contributed by atoms with van der Waals surface area (Å²) in [6.45, 7) is 5.76. The number of hydrogen-bond acceptors (Lipinski definition) is 6. The Kier molecular flexibility index (Phi) is 5.41. The molecule has 1 fully saturated rings. The van der Waals surface area contributed by atoms with Crippen LogP contribution in [0.4, 0.5) is 11.4 Å². The van der Waals surface area contributed by atoms with Gasteiger partial charge in [-0.05, 0) is 39.3 Å². The van der Waals surface area contributed by atoms with E-state index in [2.05, 4.69) is 5.32 Å². The highest BCUT2D eigenvalue weighted by atomic mass is 32.2. The Bertz CT molecular complexity index is 781. The SMILES string of the molecule is CC(C)(C)OC(=O)c1cccc(NCS(C)(=O)=O)c1N1CCCC1=O. The van der Waals surface area contributed by atoms with Gasteiger partial charge in [-0.15, -0.1) is 0 Å². The van der Waals surface area contributed by atoms with Gasteiger partial charge in [0.05, 0.1) is 16.9 Å². The minimum Gasteiger partial charge on any atom is -0.456 e. The fourth-order valence-corrected chi connectivity index (χ4v) is 2.99. The highest BCUT2D eigenvalue weighted by Crippen LogP contribution is 2.34. The number of carbonyl (C=O) groups is 2. The summed E-state index contributed by atoms with van der Waals surface area (Å²) in [5, 5.41) is 2.82. The maximum absolute atomic E-state index is 12.6. The monoisotopic (exact) mass is 368 g/mol. The highest BCUT2D eigenvalue weighted by molar-refractivity contribution is 7.90. The van der Waals surface area contributed by atoms with Gasteiger partial charge in [-0.25, -0.2) is 13.2 Å². The van der Waals surface area contributed by atoms with Gasteiger partial charge in [-0.1, -0.05) is 6.07 Å². The lowest BCUT2D eigenvalue weighted by Gasteiger charge is -2.25. The zero-order valence-electron chi connectivity index (χ0n) is 15.0. The Hall–Kier alpha value is -2.09. The van der Waals surface area contributed by atoms with Crippen molar-refractivity contribution in [2.45, 2.75) is 39.2 Å². The van der Waals surface area contributed by atoms with Crippen LogP contribution in [0.1, 0.15) is 44.0 Å². The number of rotatable bonds is 5. The molecule has 8 heteroatoms. The topological polar surface area (TPSA) is 92.8 Å². The number of sulfone groups is 1. The fraction of sp³-hybridized carbons (Fsp3) is 0.529. The average molecular weight is 368 g/mol. The van der Waals surface area contributed by atoms with E-state index in [0.29, 0.717) is 30.8 Å². The first kappa shape index (κ1) is 19.2. The molecule has 7 nitrogen and oxygen atoms in total. The van der Waals surface area contributed by atoms with Crippen molar-refractivity contribution in [2.75, 3.05) is 28.9 Å². The predicted molar refractivity (Wildman–Crippen MR) is 96.5 cm³/mol. The second-order valence-electron chi connectivity index (χ2n) is 7.10. The molecule has 1 aromatic carbocycles. The Morgan fingerprint density at radius 2 is 2.00 bits per heavy atom. The van der Waals surface area contributed by atoms with Crippen LogP contribution in [0.2, 0.25) is 0 Å². The van der Waals surface area contributed by atoms with Crippen LogP contribution in [0.15, 0.2) is 18.2 Å². The van der Waals surface area contributed by atoms with E-state index in [1.807, 2.05) is 0 Å². The molecule has 138 valence electrons. The number of anilines is 2. The quantitative estimate of drug-likeness (QED) is 0.801. The molecule has 1 aliphatic rings. The number of ether oxygens (including phenoxy) is 1. The van der Waals surface area contributed by atoms with E-state index in [0.717, 1.165) is 6.26 Å². The van der Waals surface area contributed by atoms with E-state index < -0.39 is 21.4 Å². The zero-order valence-corrected chi connectivity index (χ0v) is 15.8. The van der Waals surface area contributed by atoms with Crippen molar-refractivity contribution in [1.29, 1.82) is 0 Å². The van der Waals surface area contributed by atoms with Gasteiger partial charge in [0.25, 0.3) is 0 Å². The first-order valence-corrected chi connectivity index (χ1v) is 10.1. The maximum atomic E-state index is 12.6. The van der Waals surface area contributed by atoms with Gasteiger partial charge in [0.1, 0.15) is 11.5 Å². The molecule has 1 N–H and O–H groups in total. The summed E-state index contributed by atoms with van der Waals surface area (Å²) < 4.78 is 28.4. The Labute approximate surface area is 148 Å². The summed E-state index contributed by atoms with van der Waals surface area (Å²) in [7, 11) is -3.27. The number of nitrogens with one attached hydrogen (secondary N) is 1. The standard InChI is InChI=1S/C17H24N2O5S/c1-17(2,3)24-16(21)12-7-5-8-13(18-11-25(4,22)23)15(12)19-10-6-9-14(19)20/h5,7-8,18H,6,9-11H2,1-4H3. The van der Waals surface area contributed by atoms with Gasteiger partial charge < -0.3 is 15.0 Å². The van der Waals surface area contributed by atoms with Gasteiger partial charge in [0.15, 0.2) is 9.84 Å². The van der Waals surface area contributed by atoms with E-state index in [-0.39, 0.29) is 17.3 Å². The van der Waals surface area contributed by atoms with E-state index in [9.17, 15) is 18.0 Å². The molecule has 1 saturated heterocycles. The molecular formula is C17H24N2O5S. The third kappa shape index (κ3) is 5.19. The molecule has 2 rings (SSSR count). The van der Waals surface area contributed by atoms with Gasteiger partial charge in [-0.3, -0.25) is 4.79 Å². The average Bonchev–Trinajstić information content (AvgIpc) is 2.88. The Morgan fingerprint density at radius 3 is 2.52 bits per heavy atom. The van der Waals surface area contributed by atoms with Crippen LogP contribution in [-0.4, -0.2) is 44.6 Å². The van der Waals surface area contributed by atoms with Crippen LogP contribution in [0.5, 0.6) is 0 Å². The second kappa shape index (κ2) is 7.03. The van der Waals surface area contributed by atoms with Crippen molar-refractivity contribution in [3.05, 3.63) is 23.8 Å². The number of esters is 1. The van der Waals surface area contributed by atoms with Crippen LogP contribution in [0.25, 0.3) is 0 Å². The Balaban J connectivity index is 2.47. The smallest absolute Gasteiger partial charge is 0.340 e. The summed E-state index contributed by atoms with van der Waals surface area (Å²) >= 11 is 0. The van der Waals surface area contributed by atoms with Gasteiger partial charge in [-0.2, -0.15) is 0 Å². The molecule has 0 bridgehead atoms. The van der Waals surface area contributed by atoms with Gasteiger partial charge >= 0.3 is 5.97 Å². The van der Waals surface area contributed by atoms with Crippen LogP contribution in [0.3, 0.4) is 0 Å². The predicted octanol–water partition coefficient (Wildman–Crippen LogP) is 2.18. The van der Waals surface area contributed by atoms with E-state index in [1.54, 1.807) is 39.0 Å². The van der Waals surface area contributed by atoms with Crippen LogP contribution < -0.4 is 10.2 Å². The number of carbonyl (C=O) groups excluding carboxylic acids is 2. The third-order valence-corrected chi connectivity index (χ3v) is 4.19. The van der Waals surface area contributed by atoms with Crippen LogP contribution in [0, 0.1) is 0 Å². The van der Waals surface area contributed by atoms with E-state index in [4.69, 9.17) is 4.74 Å². The Morgan fingerprint density at radius 1 is 1.32 bits per heavy atom. The van der Waals surface area contributed by atoms with E-state index >= 15 is 0 Å². The molecule has 25 heavy (non-hydrogen) atoms. The summed E-state index contributed by atoms with van der Waals surface area (Å²) in [5.74, 6) is -0.941. The highest BCUT2D eigenvalue weighted by Gasteiger charge is 2.30. The molecule has 0 radical (unpaired) electrons. The van der Waals surface area contributed by atoms with Crippen LogP contribution >= 0.6 is 0 Å². The molecule has 1 aromatic rings. The molecule has 0 saturated carbocycles. The third-order valence-electron chi connectivity index (χ3n) is 3.52. The van der Waals surface area contributed by atoms with Crippen molar-refractivity contribution >= 4 is 33.1 Å². The molecule has 0 aliphatic carbocycles. The van der Waals surface area contributed by atoms with Crippen molar-refractivity contribution in [2.24, 2.45) is 0 Å². The summed E-state index contributed by atoms with van der Waals surface area (Å²) in [4.78, 5) is 26.3. The molecule has 0 unspecified atom stereocenters. The molecule has 1 heterocycles. The molecule has 0 atom stereocenters. The lowest BCUT2D eigenvalue weighted by Crippen LogP contribution is -2.30. The van der Waals surface area contributed by atoms with Gasteiger partial charge in [0.2, 0.25) is 5.91 Å². The zero-order chi connectivity index (χ0) is 18.8.